The van der Waals surface area contributed by atoms with Crippen LogP contribution in [0.25, 0.3) is 0 Å². The predicted octanol–water partition coefficient (Wildman–Crippen LogP) is 5.63. The van der Waals surface area contributed by atoms with Crippen LogP contribution in [0, 0.1) is 0 Å². The summed E-state index contributed by atoms with van der Waals surface area (Å²) in [6.45, 7) is 0.390. The average molecular weight is 529 g/mol. The minimum atomic E-state index is -0.714. The van der Waals surface area contributed by atoms with Gasteiger partial charge in [0.05, 0.1) is 12.1 Å². The molecule has 32 heavy (non-hydrogen) atoms. The van der Waals surface area contributed by atoms with Crippen molar-refractivity contribution in [2.24, 2.45) is 0 Å². The summed E-state index contributed by atoms with van der Waals surface area (Å²) < 4.78 is 0.916. The zero-order chi connectivity index (χ0) is 22.7. The molecular weight excluding hydrogens is 510 g/mol. The van der Waals surface area contributed by atoms with E-state index < -0.39 is 6.04 Å². The number of benzene rings is 3. The minimum absolute atomic E-state index is 0.0219. The number of thiocarbonyl (C=S) groups is 1. The Bertz CT molecular complexity index is 1140. The van der Waals surface area contributed by atoms with Crippen molar-refractivity contribution in [1.82, 2.24) is 4.90 Å². The van der Waals surface area contributed by atoms with Crippen LogP contribution in [0.5, 0.6) is 0 Å². The van der Waals surface area contributed by atoms with Gasteiger partial charge in [-0.15, -0.1) is 0 Å². The van der Waals surface area contributed by atoms with Crippen LogP contribution in [-0.2, 0) is 16.1 Å². The summed E-state index contributed by atoms with van der Waals surface area (Å²) in [7, 11) is 0. The molecule has 0 spiro atoms. The molecule has 0 aromatic heterocycles. The van der Waals surface area contributed by atoms with Crippen molar-refractivity contribution in [2.45, 2.75) is 19.0 Å². The number of halogens is 2. The number of hydrogen-bond acceptors (Lipinski definition) is 3. The van der Waals surface area contributed by atoms with Crippen LogP contribution < -0.4 is 10.2 Å². The maximum Gasteiger partial charge on any atom is 0.256 e. The number of carbonyl (C=O) groups excluding carboxylic acids is 2. The van der Waals surface area contributed by atoms with Crippen LogP contribution in [0.2, 0.25) is 5.02 Å². The molecule has 1 aliphatic rings. The van der Waals surface area contributed by atoms with Gasteiger partial charge < -0.3 is 10.2 Å². The topological polar surface area (TPSA) is 52.7 Å². The molecule has 0 saturated carbocycles. The number of amides is 2. The highest BCUT2D eigenvalue weighted by atomic mass is 79.9. The van der Waals surface area contributed by atoms with E-state index in [9.17, 15) is 9.59 Å². The molecule has 1 fully saturated rings. The number of anilines is 2. The van der Waals surface area contributed by atoms with Crippen molar-refractivity contribution in [3.8, 4) is 0 Å². The Kier molecular flexibility index (Phi) is 6.89. The van der Waals surface area contributed by atoms with Gasteiger partial charge in [-0.1, -0.05) is 57.9 Å². The average Bonchev–Trinajstić information content (AvgIpc) is 3.01. The van der Waals surface area contributed by atoms with Gasteiger partial charge >= 0.3 is 0 Å². The minimum Gasteiger partial charge on any atom is -0.332 e. The van der Waals surface area contributed by atoms with Gasteiger partial charge in [0.1, 0.15) is 6.04 Å². The second-order valence-corrected chi connectivity index (χ2v) is 9.04. The van der Waals surface area contributed by atoms with Gasteiger partial charge in [0.25, 0.3) is 5.91 Å². The zero-order valence-corrected chi connectivity index (χ0v) is 20.0. The standard InChI is InChI=1S/C24H19BrClN3O2S/c25-17-8-12-19(13-9-17)27-22(30)14-21-23(31)29(20-4-2-1-3-5-20)24(32)28(21)15-16-6-10-18(26)11-7-16/h1-13,21H,14-15H2,(H,27,30). The second kappa shape index (κ2) is 9.81. The van der Waals surface area contributed by atoms with E-state index in [-0.39, 0.29) is 18.2 Å². The molecule has 162 valence electrons. The summed E-state index contributed by atoms with van der Waals surface area (Å²) in [6.07, 6.45) is -0.0219. The molecule has 3 aromatic carbocycles. The van der Waals surface area contributed by atoms with E-state index in [1.165, 1.54) is 4.90 Å². The van der Waals surface area contributed by atoms with Crippen LogP contribution in [0.15, 0.2) is 83.3 Å². The predicted molar refractivity (Wildman–Crippen MR) is 135 cm³/mol. The van der Waals surface area contributed by atoms with E-state index in [1.807, 2.05) is 54.6 Å². The molecule has 4 rings (SSSR count). The molecule has 0 aliphatic carbocycles. The fourth-order valence-electron chi connectivity index (χ4n) is 3.54. The maximum absolute atomic E-state index is 13.4. The van der Waals surface area contributed by atoms with Gasteiger partial charge in [0, 0.05) is 21.7 Å². The van der Waals surface area contributed by atoms with E-state index in [4.69, 9.17) is 23.8 Å². The molecule has 1 aliphatic heterocycles. The lowest BCUT2D eigenvalue weighted by Crippen LogP contribution is -2.37. The van der Waals surface area contributed by atoms with Crippen molar-refractivity contribution in [3.05, 3.63) is 93.9 Å². The van der Waals surface area contributed by atoms with Gasteiger partial charge in [-0.2, -0.15) is 0 Å². The lowest BCUT2D eigenvalue weighted by molar-refractivity contribution is -0.124. The third kappa shape index (κ3) is 5.01. The van der Waals surface area contributed by atoms with Crippen LogP contribution >= 0.6 is 39.7 Å². The Balaban J connectivity index is 1.58. The summed E-state index contributed by atoms with van der Waals surface area (Å²) in [5.41, 5.74) is 2.28. The molecule has 1 saturated heterocycles. The first-order valence-electron chi connectivity index (χ1n) is 9.92. The number of nitrogens with zero attached hydrogens (tertiary/aromatic N) is 2. The van der Waals surface area contributed by atoms with Gasteiger partial charge in [-0.25, -0.2) is 0 Å². The van der Waals surface area contributed by atoms with Gasteiger partial charge in [-0.3, -0.25) is 14.5 Å². The van der Waals surface area contributed by atoms with E-state index in [2.05, 4.69) is 21.2 Å². The summed E-state index contributed by atoms with van der Waals surface area (Å²) in [5.74, 6) is -0.481. The number of nitrogens with one attached hydrogen (secondary N) is 1. The highest BCUT2D eigenvalue weighted by molar-refractivity contribution is 9.10. The molecule has 5 nitrogen and oxygen atoms in total. The third-order valence-corrected chi connectivity index (χ3v) is 6.30. The van der Waals surface area contributed by atoms with Crippen molar-refractivity contribution in [2.75, 3.05) is 10.2 Å². The first kappa shape index (κ1) is 22.5. The highest BCUT2D eigenvalue weighted by Crippen LogP contribution is 2.29. The van der Waals surface area contributed by atoms with Crippen LogP contribution in [0.4, 0.5) is 11.4 Å². The second-order valence-electron chi connectivity index (χ2n) is 7.32. The Labute approximate surface area is 205 Å². The first-order valence-corrected chi connectivity index (χ1v) is 11.5. The number of hydrogen-bond donors (Lipinski definition) is 1. The molecular formula is C24H19BrClN3O2S. The van der Waals surface area contributed by atoms with Crippen molar-refractivity contribution in [1.29, 1.82) is 0 Å². The fourth-order valence-corrected chi connectivity index (χ4v) is 4.31. The Hall–Kier alpha value is -2.74. The van der Waals surface area contributed by atoms with Crippen LogP contribution in [-0.4, -0.2) is 27.9 Å². The monoisotopic (exact) mass is 527 g/mol. The van der Waals surface area contributed by atoms with Gasteiger partial charge in [0.15, 0.2) is 5.11 Å². The summed E-state index contributed by atoms with van der Waals surface area (Å²) in [6, 6.07) is 23.2. The molecule has 1 unspecified atom stereocenters. The summed E-state index contributed by atoms with van der Waals surface area (Å²) in [5, 5.41) is 3.86. The Morgan fingerprint density at radius 3 is 2.31 bits per heavy atom. The van der Waals surface area contributed by atoms with E-state index in [1.54, 1.807) is 29.2 Å². The molecule has 8 heteroatoms. The normalized spacial score (nSPS) is 15.9. The lowest BCUT2D eigenvalue weighted by Gasteiger charge is -2.24. The number of rotatable bonds is 6. The molecule has 1 N–H and O–H groups in total. The Morgan fingerprint density at radius 1 is 1.00 bits per heavy atom. The van der Waals surface area contributed by atoms with E-state index in [0.29, 0.717) is 28.1 Å². The van der Waals surface area contributed by atoms with Crippen molar-refractivity contribution < 1.29 is 9.59 Å². The van der Waals surface area contributed by atoms with Gasteiger partial charge in [-0.05, 0) is 66.3 Å². The molecule has 1 atom stereocenters. The molecule has 3 aromatic rings. The molecule has 0 radical (unpaired) electrons. The third-order valence-electron chi connectivity index (χ3n) is 5.11. The molecule has 1 heterocycles. The molecule has 0 bridgehead atoms. The SMILES string of the molecule is O=C(CC1C(=O)N(c2ccccc2)C(=S)N1Cc1ccc(Cl)cc1)Nc1ccc(Br)cc1. The zero-order valence-electron chi connectivity index (χ0n) is 16.9. The number of carbonyl (C=O) groups is 2. The van der Waals surface area contributed by atoms with E-state index in [0.717, 1.165) is 10.0 Å². The highest BCUT2D eigenvalue weighted by Gasteiger charge is 2.44. The summed E-state index contributed by atoms with van der Waals surface area (Å²) >= 11 is 15.1. The quantitative estimate of drug-likeness (QED) is 0.421. The largest absolute Gasteiger partial charge is 0.332 e. The smallest absolute Gasteiger partial charge is 0.256 e. The maximum atomic E-state index is 13.4. The van der Waals surface area contributed by atoms with Gasteiger partial charge in [0.2, 0.25) is 5.91 Å². The van der Waals surface area contributed by atoms with E-state index >= 15 is 0 Å². The summed E-state index contributed by atoms with van der Waals surface area (Å²) in [4.78, 5) is 29.5. The van der Waals surface area contributed by atoms with Crippen molar-refractivity contribution in [3.63, 3.8) is 0 Å². The molecule has 2 amide bonds. The fraction of sp³-hybridized carbons (Fsp3) is 0.125. The van der Waals surface area contributed by atoms with Crippen molar-refractivity contribution >= 4 is 68.1 Å². The first-order chi connectivity index (χ1) is 15.4. The number of para-hydroxylation sites is 1. The van der Waals surface area contributed by atoms with Crippen LogP contribution in [0.3, 0.4) is 0 Å². The Morgan fingerprint density at radius 2 is 1.66 bits per heavy atom. The lowest BCUT2D eigenvalue weighted by atomic mass is 10.1. The van der Waals surface area contributed by atoms with Crippen LogP contribution in [0.1, 0.15) is 12.0 Å².